The third-order valence-corrected chi connectivity index (χ3v) is 8.65. The lowest BCUT2D eigenvalue weighted by Crippen LogP contribution is -1.99. The fourth-order valence-corrected chi connectivity index (χ4v) is 6.61. The molecule has 0 bridgehead atoms. The molecule has 0 spiro atoms. The fourth-order valence-electron chi connectivity index (χ4n) is 6.61. The average Bonchev–Trinajstić information content (AvgIpc) is 3.62. The molecule has 1 aromatic heterocycles. The Morgan fingerprint density at radius 3 is 1.68 bits per heavy atom. The minimum Gasteiger partial charge on any atom is -0.292 e. The standard InChI is InChI=1S/C45H30N2/c1-3-16-31(17-4-1)32-18-15-19-33(30-32)43-35-22-7-9-24-37(35)44(38-25-10-8-23-36(38)43)39-26-11-12-27-40(39)45-46-41-28-13-14-29-42(41)47(45)34-20-5-2-6-21-34/h1-30H/i7D,8D,9D,10D,22D,23D,24D,25D. The predicted molar refractivity (Wildman–Crippen MR) is 198 cm³/mol. The Bertz CT molecular complexity index is 2930. The summed E-state index contributed by atoms with van der Waals surface area (Å²) in [6.45, 7) is 0. The summed E-state index contributed by atoms with van der Waals surface area (Å²) in [5.41, 5.74) is 6.46. The molecule has 1 heterocycles. The number of hydrogen-bond acceptors (Lipinski definition) is 1. The molecule has 0 aliphatic rings. The van der Waals surface area contributed by atoms with Crippen LogP contribution in [0.2, 0.25) is 0 Å². The molecule has 9 rings (SSSR count). The van der Waals surface area contributed by atoms with Gasteiger partial charge < -0.3 is 0 Å². The van der Waals surface area contributed by atoms with Crippen LogP contribution >= 0.6 is 0 Å². The van der Waals surface area contributed by atoms with Gasteiger partial charge in [-0.1, -0.05) is 151 Å². The maximum absolute atomic E-state index is 9.48. The number of imidazole rings is 1. The molecule has 0 saturated heterocycles. The minimum atomic E-state index is -0.447. The van der Waals surface area contributed by atoms with Crippen molar-refractivity contribution in [1.82, 2.24) is 9.55 Å². The third-order valence-electron chi connectivity index (χ3n) is 8.65. The lowest BCUT2D eigenvalue weighted by molar-refractivity contribution is 1.10. The van der Waals surface area contributed by atoms with Crippen molar-refractivity contribution in [3.05, 3.63) is 182 Å². The molecule has 47 heavy (non-hydrogen) atoms. The minimum absolute atomic E-state index is 0.151. The second kappa shape index (κ2) is 11.3. The van der Waals surface area contributed by atoms with Crippen molar-refractivity contribution in [2.24, 2.45) is 0 Å². The van der Waals surface area contributed by atoms with E-state index in [1.54, 1.807) is 0 Å². The molecule has 9 aromatic rings. The highest BCUT2D eigenvalue weighted by molar-refractivity contribution is 6.22. The first kappa shape index (κ1) is 20.0. The second-order valence-corrected chi connectivity index (χ2v) is 11.3. The molecule has 8 aromatic carbocycles. The molecule has 0 aliphatic heterocycles. The van der Waals surface area contributed by atoms with Crippen LogP contribution in [0.15, 0.2) is 182 Å². The Morgan fingerprint density at radius 2 is 0.979 bits per heavy atom. The van der Waals surface area contributed by atoms with Gasteiger partial charge in [0.25, 0.3) is 0 Å². The summed E-state index contributed by atoms with van der Waals surface area (Å²) < 4.78 is 75.4. The summed E-state index contributed by atoms with van der Waals surface area (Å²) in [4.78, 5) is 5.11. The third kappa shape index (κ3) is 4.54. The molecule has 0 amide bonds. The van der Waals surface area contributed by atoms with E-state index >= 15 is 0 Å². The van der Waals surface area contributed by atoms with Crippen molar-refractivity contribution in [3.8, 4) is 50.5 Å². The van der Waals surface area contributed by atoms with Gasteiger partial charge in [0, 0.05) is 11.3 Å². The zero-order valence-corrected chi connectivity index (χ0v) is 25.1. The molecule has 0 radical (unpaired) electrons. The summed E-state index contributed by atoms with van der Waals surface area (Å²) >= 11 is 0. The van der Waals surface area contributed by atoms with E-state index in [2.05, 4.69) is 0 Å². The summed E-state index contributed by atoms with van der Waals surface area (Å²) in [6, 6.07) is 39.2. The van der Waals surface area contributed by atoms with Gasteiger partial charge in [0.2, 0.25) is 0 Å². The normalized spacial score (nSPS) is 13.8. The van der Waals surface area contributed by atoms with E-state index in [9.17, 15) is 5.48 Å². The first-order chi connectivity index (χ1) is 26.7. The first-order valence-electron chi connectivity index (χ1n) is 19.4. The maximum atomic E-state index is 9.48. The van der Waals surface area contributed by atoms with Crippen molar-refractivity contribution >= 4 is 32.6 Å². The summed E-state index contributed by atoms with van der Waals surface area (Å²) in [5.74, 6) is 0.561. The van der Waals surface area contributed by atoms with Gasteiger partial charge in [0.05, 0.1) is 22.0 Å². The first-order valence-corrected chi connectivity index (χ1v) is 15.4. The van der Waals surface area contributed by atoms with Crippen molar-refractivity contribution in [2.45, 2.75) is 0 Å². The molecular weight excluding hydrogens is 569 g/mol. The highest BCUT2D eigenvalue weighted by Crippen LogP contribution is 2.46. The average molecular weight is 607 g/mol. The SMILES string of the molecule is [2H]c1c([2H])c([2H])c2c(-c3ccccc3-c3nc4ccccc4n3-c3ccccc3)c3c([2H])c([2H])c([2H])c([2H])c3c(-c3cccc(-c4ccccc4)c3)c2c1[2H]. The molecule has 0 atom stereocenters. The van der Waals surface area contributed by atoms with Crippen molar-refractivity contribution < 1.29 is 11.0 Å². The van der Waals surface area contributed by atoms with Gasteiger partial charge in [-0.05, 0) is 85.3 Å². The van der Waals surface area contributed by atoms with Gasteiger partial charge in [-0.3, -0.25) is 4.57 Å². The van der Waals surface area contributed by atoms with Crippen LogP contribution in [0.1, 0.15) is 11.0 Å². The van der Waals surface area contributed by atoms with Crippen LogP contribution in [-0.4, -0.2) is 9.55 Å². The second-order valence-electron chi connectivity index (χ2n) is 11.3. The monoisotopic (exact) mass is 606 g/mol. The van der Waals surface area contributed by atoms with Crippen LogP contribution in [0, 0.1) is 0 Å². The molecular formula is C45H30N2. The summed E-state index contributed by atoms with van der Waals surface area (Å²) in [6.07, 6.45) is 0. The largest absolute Gasteiger partial charge is 0.292 e. The van der Waals surface area contributed by atoms with E-state index in [4.69, 9.17) is 10.5 Å². The van der Waals surface area contributed by atoms with Gasteiger partial charge in [-0.25, -0.2) is 4.98 Å². The molecule has 0 unspecified atom stereocenters. The van der Waals surface area contributed by atoms with Gasteiger partial charge in [0.1, 0.15) is 5.82 Å². The van der Waals surface area contributed by atoms with Crippen LogP contribution in [0.3, 0.4) is 0 Å². The lowest BCUT2D eigenvalue weighted by Gasteiger charge is -2.20. The van der Waals surface area contributed by atoms with E-state index in [1.807, 2.05) is 138 Å². The molecule has 0 N–H and O–H groups in total. The number of rotatable bonds is 5. The van der Waals surface area contributed by atoms with E-state index in [0.717, 1.165) is 27.8 Å². The van der Waals surface area contributed by atoms with Gasteiger partial charge in [0.15, 0.2) is 0 Å². The smallest absolute Gasteiger partial charge is 0.146 e. The zero-order chi connectivity index (χ0) is 38.1. The Kier molecular flexibility index (Phi) is 4.80. The van der Waals surface area contributed by atoms with Crippen LogP contribution in [-0.2, 0) is 0 Å². The predicted octanol–water partition coefficient (Wildman–Crippen LogP) is 12.0. The summed E-state index contributed by atoms with van der Waals surface area (Å²) in [7, 11) is 0. The number of hydrogen-bond donors (Lipinski definition) is 0. The number of benzene rings is 8. The topological polar surface area (TPSA) is 17.8 Å². The zero-order valence-electron chi connectivity index (χ0n) is 33.1. The molecule has 2 nitrogen and oxygen atoms in total. The van der Waals surface area contributed by atoms with Gasteiger partial charge in [-0.2, -0.15) is 0 Å². The molecule has 2 heteroatoms. The maximum Gasteiger partial charge on any atom is 0.146 e. The van der Waals surface area contributed by atoms with Gasteiger partial charge in [-0.15, -0.1) is 0 Å². The molecule has 220 valence electrons. The number of aromatic nitrogens is 2. The van der Waals surface area contributed by atoms with Crippen molar-refractivity contribution in [1.29, 1.82) is 0 Å². The van der Waals surface area contributed by atoms with E-state index in [-0.39, 0.29) is 51.3 Å². The molecule has 0 fully saturated rings. The van der Waals surface area contributed by atoms with E-state index < -0.39 is 24.2 Å². The summed E-state index contributed by atoms with van der Waals surface area (Å²) in [5, 5.41) is 0.627. The Hall–Kier alpha value is -6.25. The van der Waals surface area contributed by atoms with Crippen molar-refractivity contribution in [2.75, 3.05) is 0 Å². The van der Waals surface area contributed by atoms with Crippen LogP contribution in [0.4, 0.5) is 0 Å². The van der Waals surface area contributed by atoms with E-state index in [0.29, 0.717) is 28.1 Å². The Labute approximate surface area is 285 Å². The highest BCUT2D eigenvalue weighted by Gasteiger charge is 2.22. The number of fused-ring (bicyclic) bond motifs is 3. The van der Waals surface area contributed by atoms with E-state index in [1.165, 1.54) is 0 Å². The Morgan fingerprint density at radius 1 is 0.447 bits per heavy atom. The fraction of sp³-hybridized carbons (Fsp3) is 0. The highest BCUT2D eigenvalue weighted by atomic mass is 15.1. The Balaban J connectivity index is 1.50. The lowest BCUT2D eigenvalue weighted by atomic mass is 9.84. The number of nitrogens with zero attached hydrogens (tertiary/aromatic N) is 2. The van der Waals surface area contributed by atoms with Crippen molar-refractivity contribution in [3.63, 3.8) is 0 Å². The molecule has 0 aliphatic carbocycles. The molecule has 0 saturated carbocycles. The van der Waals surface area contributed by atoms with Crippen LogP contribution in [0.25, 0.3) is 83.0 Å². The quantitative estimate of drug-likeness (QED) is 0.178. The van der Waals surface area contributed by atoms with Crippen LogP contribution in [0.5, 0.6) is 0 Å². The van der Waals surface area contributed by atoms with Gasteiger partial charge >= 0.3 is 0 Å². The number of para-hydroxylation sites is 3. The van der Waals surface area contributed by atoms with Crippen LogP contribution < -0.4 is 0 Å².